The third-order valence-corrected chi connectivity index (χ3v) is 3.25. The zero-order valence-corrected chi connectivity index (χ0v) is 8.45. The molecular weight excluding hydrogens is 178 g/mol. The Balaban J connectivity index is 2.04. The number of hydrogen-bond acceptors (Lipinski definition) is 2. The third kappa shape index (κ3) is 1.59. The van der Waals surface area contributed by atoms with E-state index in [1.165, 1.54) is 29.9 Å². The van der Waals surface area contributed by atoms with Gasteiger partial charge in [-0.15, -0.1) is 0 Å². The van der Waals surface area contributed by atoms with Crippen molar-refractivity contribution >= 4 is 11.8 Å². The molecule has 0 bridgehead atoms. The summed E-state index contributed by atoms with van der Waals surface area (Å²) in [6, 6.07) is 0. The molecule has 0 saturated heterocycles. The predicted molar refractivity (Wildman–Crippen MR) is 52.4 cm³/mol. The monoisotopic (exact) mass is 193 g/mol. The molecule has 14 heavy (non-hydrogen) atoms. The summed E-state index contributed by atoms with van der Waals surface area (Å²) in [5, 5.41) is 0. The molecule has 0 atom stereocenters. The quantitative estimate of drug-likeness (QED) is 0.623. The summed E-state index contributed by atoms with van der Waals surface area (Å²) in [4.78, 5) is 24.0. The minimum absolute atomic E-state index is 0.150. The topological polar surface area (TPSA) is 37.4 Å². The van der Waals surface area contributed by atoms with Crippen molar-refractivity contribution in [1.29, 1.82) is 0 Å². The molecule has 3 heteroatoms. The highest BCUT2D eigenvalue weighted by molar-refractivity contribution is 6.12. The van der Waals surface area contributed by atoms with Crippen LogP contribution in [0.1, 0.15) is 32.6 Å². The maximum absolute atomic E-state index is 11.3. The van der Waals surface area contributed by atoms with E-state index in [0.29, 0.717) is 6.54 Å². The molecule has 1 aliphatic carbocycles. The fourth-order valence-electron chi connectivity index (χ4n) is 2.36. The van der Waals surface area contributed by atoms with Gasteiger partial charge in [-0.3, -0.25) is 14.5 Å². The van der Waals surface area contributed by atoms with Crippen molar-refractivity contribution in [1.82, 2.24) is 4.90 Å². The van der Waals surface area contributed by atoms with Gasteiger partial charge in [-0.2, -0.15) is 0 Å². The van der Waals surface area contributed by atoms with E-state index in [0.717, 1.165) is 12.8 Å². The van der Waals surface area contributed by atoms with Crippen LogP contribution in [0.5, 0.6) is 0 Å². The number of nitrogens with zero attached hydrogens (tertiary/aromatic N) is 1. The maximum Gasteiger partial charge on any atom is 0.253 e. The van der Waals surface area contributed by atoms with Gasteiger partial charge in [0.15, 0.2) is 0 Å². The Morgan fingerprint density at radius 2 is 1.71 bits per heavy atom. The summed E-state index contributed by atoms with van der Waals surface area (Å²) >= 11 is 0. The maximum atomic E-state index is 11.3. The summed E-state index contributed by atoms with van der Waals surface area (Å²) in [7, 11) is 0. The summed E-state index contributed by atoms with van der Waals surface area (Å²) in [5.74, 6) is -0.300. The molecule has 76 valence electrons. The van der Waals surface area contributed by atoms with Crippen molar-refractivity contribution in [3.05, 3.63) is 12.2 Å². The van der Waals surface area contributed by atoms with Gasteiger partial charge in [-0.25, -0.2) is 0 Å². The van der Waals surface area contributed by atoms with Gasteiger partial charge in [-0.05, 0) is 18.3 Å². The van der Waals surface area contributed by atoms with E-state index in [-0.39, 0.29) is 17.2 Å². The summed E-state index contributed by atoms with van der Waals surface area (Å²) in [6.07, 6.45) is 7.43. The van der Waals surface area contributed by atoms with Gasteiger partial charge < -0.3 is 0 Å². The first-order valence-electron chi connectivity index (χ1n) is 5.14. The van der Waals surface area contributed by atoms with Crippen LogP contribution in [0.15, 0.2) is 12.2 Å². The van der Waals surface area contributed by atoms with E-state index in [1.54, 1.807) is 0 Å². The molecule has 1 aliphatic heterocycles. The van der Waals surface area contributed by atoms with Gasteiger partial charge >= 0.3 is 0 Å². The Bertz CT molecular complexity index is 282. The van der Waals surface area contributed by atoms with Crippen LogP contribution < -0.4 is 0 Å². The molecular formula is C11H15NO2. The van der Waals surface area contributed by atoms with Crippen molar-refractivity contribution < 1.29 is 9.59 Å². The van der Waals surface area contributed by atoms with Gasteiger partial charge in [0.1, 0.15) is 0 Å². The van der Waals surface area contributed by atoms with Gasteiger partial charge in [0.2, 0.25) is 0 Å². The third-order valence-electron chi connectivity index (χ3n) is 3.25. The lowest BCUT2D eigenvalue weighted by Gasteiger charge is -2.28. The number of carbonyl (C=O) groups is 2. The van der Waals surface area contributed by atoms with Crippen LogP contribution in [-0.2, 0) is 9.59 Å². The van der Waals surface area contributed by atoms with E-state index in [9.17, 15) is 9.59 Å². The van der Waals surface area contributed by atoms with Crippen LogP contribution in [-0.4, -0.2) is 23.3 Å². The van der Waals surface area contributed by atoms with Gasteiger partial charge in [0, 0.05) is 18.7 Å². The van der Waals surface area contributed by atoms with E-state index in [2.05, 4.69) is 6.92 Å². The molecule has 1 fully saturated rings. The minimum Gasteiger partial charge on any atom is -0.275 e. The lowest BCUT2D eigenvalue weighted by Crippen LogP contribution is -2.38. The van der Waals surface area contributed by atoms with Crippen LogP contribution in [0.25, 0.3) is 0 Å². The van der Waals surface area contributed by atoms with Crippen molar-refractivity contribution in [3.63, 3.8) is 0 Å². The van der Waals surface area contributed by atoms with Crippen LogP contribution in [0.4, 0.5) is 0 Å². The molecule has 0 aromatic heterocycles. The fraction of sp³-hybridized carbons (Fsp3) is 0.636. The van der Waals surface area contributed by atoms with Crippen molar-refractivity contribution in [2.75, 3.05) is 6.54 Å². The van der Waals surface area contributed by atoms with Crippen molar-refractivity contribution in [2.24, 2.45) is 5.41 Å². The Labute approximate surface area is 83.8 Å². The molecule has 0 N–H and O–H groups in total. The molecule has 0 aromatic rings. The number of imide groups is 1. The molecule has 0 spiro atoms. The molecule has 0 radical (unpaired) electrons. The lowest BCUT2D eigenvalue weighted by atomic mass is 9.88. The van der Waals surface area contributed by atoms with E-state index in [1.807, 2.05) is 0 Å². The smallest absolute Gasteiger partial charge is 0.253 e. The Hall–Kier alpha value is -1.12. The Kier molecular flexibility index (Phi) is 2.17. The second kappa shape index (κ2) is 3.23. The molecule has 1 heterocycles. The van der Waals surface area contributed by atoms with Crippen LogP contribution in [0.2, 0.25) is 0 Å². The van der Waals surface area contributed by atoms with E-state index >= 15 is 0 Å². The zero-order chi connectivity index (χ0) is 10.2. The summed E-state index contributed by atoms with van der Waals surface area (Å²) < 4.78 is 0. The van der Waals surface area contributed by atoms with E-state index < -0.39 is 0 Å². The van der Waals surface area contributed by atoms with Crippen LogP contribution in [0, 0.1) is 5.41 Å². The highest BCUT2D eigenvalue weighted by Crippen LogP contribution is 2.38. The summed E-state index contributed by atoms with van der Waals surface area (Å²) in [5.41, 5.74) is 0.164. The van der Waals surface area contributed by atoms with E-state index in [4.69, 9.17) is 0 Å². The first-order chi connectivity index (χ1) is 6.61. The lowest BCUT2D eigenvalue weighted by molar-refractivity contribution is -0.138. The SMILES string of the molecule is CC1(CN2C(=O)C=CC2=O)CCCC1. The van der Waals surface area contributed by atoms with Gasteiger partial charge in [-0.1, -0.05) is 19.8 Å². The van der Waals surface area contributed by atoms with Gasteiger partial charge in [0.05, 0.1) is 0 Å². The van der Waals surface area contributed by atoms with Crippen LogP contribution >= 0.6 is 0 Å². The Morgan fingerprint density at radius 3 is 2.21 bits per heavy atom. The molecule has 2 aliphatic rings. The number of amides is 2. The summed E-state index contributed by atoms with van der Waals surface area (Å²) in [6.45, 7) is 2.76. The standard InChI is InChI=1S/C11H15NO2/c1-11(6-2-3-7-11)8-12-9(13)4-5-10(12)14/h4-5H,2-3,6-8H2,1H3. The number of hydrogen-bond donors (Lipinski definition) is 0. The molecule has 3 nitrogen and oxygen atoms in total. The van der Waals surface area contributed by atoms with Gasteiger partial charge in [0.25, 0.3) is 11.8 Å². The largest absolute Gasteiger partial charge is 0.275 e. The second-order valence-corrected chi connectivity index (χ2v) is 4.61. The predicted octanol–water partition coefficient (Wildman–Crippen LogP) is 1.49. The average Bonchev–Trinajstić information content (AvgIpc) is 2.68. The normalized spacial score (nSPS) is 25.1. The fourth-order valence-corrected chi connectivity index (χ4v) is 2.36. The van der Waals surface area contributed by atoms with Crippen LogP contribution in [0.3, 0.4) is 0 Å². The molecule has 1 saturated carbocycles. The molecule has 2 amide bonds. The number of rotatable bonds is 2. The average molecular weight is 193 g/mol. The molecule has 0 aromatic carbocycles. The number of carbonyl (C=O) groups excluding carboxylic acids is 2. The molecule has 0 unspecified atom stereocenters. The second-order valence-electron chi connectivity index (χ2n) is 4.61. The molecule has 2 rings (SSSR count). The minimum atomic E-state index is -0.150. The highest BCUT2D eigenvalue weighted by atomic mass is 16.2. The Morgan fingerprint density at radius 1 is 1.21 bits per heavy atom. The van der Waals surface area contributed by atoms with Crippen molar-refractivity contribution in [3.8, 4) is 0 Å². The highest BCUT2D eigenvalue weighted by Gasteiger charge is 2.35. The first kappa shape index (κ1) is 9.44. The van der Waals surface area contributed by atoms with Crippen molar-refractivity contribution in [2.45, 2.75) is 32.6 Å². The first-order valence-corrected chi connectivity index (χ1v) is 5.14. The zero-order valence-electron chi connectivity index (χ0n) is 8.45.